The van der Waals surface area contributed by atoms with Crippen LogP contribution in [-0.4, -0.2) is 61.1 Å². The van der Waals surface area contributed by atoms with Gasteiger partial charge in [-0.1, -0.05) is 11.8 Å². The van der Waals surface area contributed by atoms with E-state index < -0.39 is 0 Å². The first kappa shape index (κ1) is 17.9. The molecular weight excluding hydrogens is 338 g/mol. The number of carbonyl (C=O) groups excluding carboxylic acids is 1. The number of carbonyl (C=O) groups is 1. The van der Waals surface area contributed by atoms with Crippen LogP contribution in [-0.2, 0) is 11.3 Å². The molecule has 1 unspecified atom stereocenters. The molecule has 1 amide bonds. The molecule has 0 radical (unpaired) electrons. The van der Waals surface area contributed by atoms with Crippen LogP contribution in [0, 0.1) is 6.92 Å². The molecular formula is C17H23N5O2S. The van der Waals surface area contributed by atoms with Crippen LogP contribution in [0.25, 0.3) is 0 Å². The van der Waals surface area contributed by atoms with Crippen molar-refractivity contribution >= 4 is 17.7 Å². The molecule has 0 spiro atoms. The van der Waals surface area contributed by atoms with Crippen LogP contribution in [0.3, 0.4) is 0 Å². The highest BCUT2D eigenvalue weighted by atomic mass is 32.2. The largest absolute Gasteiger partial charge is 0.394 e. The quantitative estimate of drug-likeness (QED) is 0.620. The molecule has 0 saturated carbocycles. The van der Waals surface area contributed by atoms with Crippen LogP contribution in [0.5, 0.6) is 0 Å². The summed E-state index contributed by atoms with van der Waals surface area (Å²) in [5.74, 6) is 0.738. The Bertz CT molecular complexity index is 721. The SMILES string of the molecule is Cc1ccnc(SCC(=O)N2CCCC(c3ccn(CCO)n3)C2)n1. The van der Waals surface area contributed by atoms with Crippen LogP contribution in [0.2, 0.25) is 0 Å². The zero-order valence-corrected chi connectivity index (χ0v) is 15.2. The second-order valence-corrected chi connectivity index (χ2v) is 7.12. The molecule has 8 heteroatoms. The molecule has 0 bridgehead atoms. The summed E-state index contributed by atoms with van der Waals surface area (Å²) in [6.45, 7) is 3.99. The fourth-order valence-electron chi connectivity index (χ4n) is 2.98. The Morgan fingerprint density at radius 3 is 3.12 bits per heavy atom. The van der Waals surface area contributed by atoms with Gasteiger partial charge in [0.05, 0.1) is 24.6 Å². The third-order valence-corrected chi connectivity index (χ3v) is 5.13. The van der Waals surface area contributed by atoms with E-state index in [1.807, 2.05) is 30.2 Å². The minimum atomic E-state index is 0.0780. The van der Waals surface area contributed by atoms with Crippen molar-refractivity contribution in [1.82, 2.24) is 24.6 Å². The van der Waals surface area contributed by atoms with E-state index in [-0.39, 0.29) is 18.4 Å². The van der Waals surface area contributed by atoms with E-state index in [0.29, 0.717) is 24.0 Å². The molecule has 2 aromatic rings. The zero-order chi connectivity index (χ0) is 17.6. The van der Waals surface area contributed by atoms with Gasteiger partial charge in [0.25, 0.3) is 0 Å². The number of aliphatic hydroxyl groups is 1. The third kappa shape index (κ3) is 4.79. The highest BCUT2D eigenvalue weighted by Crippen LogP contribution is 2.26. The lowest BCUT2D eigenvalue weighted by molar-refractivity contribution is -0.129. The highest BCUT2D eigenvalue weighted by molar-refractivity contribution is 7.99. The van der Waals surface area contributed by atoms with Crippen LogP contribution in [0.15, 0.2) is 29.7 Å². The number of nitrogens with zero attached hydrogens (tertiary/aromatic N) is 5. The van der Waals surface area contributed by atoms with Crippen LogP contribution < -0.4 is 0 Å². The summed E-state index contributed by atoms with van der Waals surface area (Å²) >= 11 is 1.38. The Morgan fingerprint density at radius 1 is 1.44 bits per heavy atom. The summed E-state index contributed by atoms with van der Waals surface area (Å²) in [5, 5.41) is 14.2. The zero-order valence-electron chi connectivity index (χ0n) is 14.3. The number of piperidine rings is 1. The highest BCUT2D eigenvalue weighted by Gasteiger charge is 2.26. The number of aryl methyl sites for hydroxylation is 1. The van der Waals surface area contributed by atoms with Crippen molar-refractivity contribution in [2.24, 2.45) is 0 Å². The average molecular weight is 361 g/mol. The maximum absolute atomic E-state index is 12.5. The molecule has 0 aromatic carbocycles. The normalized spacial score (nSPS) is 17.7. The molecule has 1 fully saturated rings. The number of aromatic nitrogens is 4. The van der Waals surface area contributed by atoms with E-state index in [1.54, 1.807) is 10.9 Å². The molecule has 1 aliphatic heterocycles. The van der Waals surface area contributed by atoms with Crippen molar-refractivity contribution < 1.29 is 9.90 Å². The number of hydrogen-bond acceptors (Lipinski definition) is 6. The molecule has 25 heavy (non-hydrogen) atoms. The van der Waals surface area contributed by atoms with Crippen molar-refractivity contribution in [3.8, 4) is 0 Å². The number of likely N-dealkylation sites (tertiary alicyclic amines) is 1. The predicted octanol–water partition coefficient (Wildman–Crippen LogP) is 1.47. The van der Waals surface area contributed by atoms with Crippen molar-refractivity contribution in [2.45, 2.75) is 37.4 Å². The van der Waals surface area contributed by atoms with Gasteiger partial charge in [-0.05, 0) is 31.9 Å². The van der Waals surface area contributed by atoms with E-state index >= 15 is 0 Å². The first-order valence-electron chi connectivity index (χ1n) is 8.50. The smallest absolute Gasteiger partial charge is 0.233 e. The number of amides is 1. The lowest BCUT2D eigenvalue weighted by Crippen LogP contribution is -2.40. The maximum atomic E-state index is 12.5. The summed E-state index contributed by atoms with van der Waals surface area (Å²) < 4.78 is 1.75. The van der Waals surface area contributed by atoms with Gasteiger partial charge in [0.15, 0.2) is 5.16 Å². The molecule has 1 saturated heterocycles. The summed E-state index contributed by atoms with van der Waals surface area (Å²) in [5.41, 5.74) is 1.90. The van der Waals surface area contributed by atoms with E-state index in [4.69, 9.17) is 5.11 Å². The maximum Gasteiger partial charge on any atom is 0.233 e. The predicted molar refractivity (Wildman–Crippen MR) is 95.4 cm³/mol. The summed E-state index contributed by atoms with van der Waals surface area (Å²) in [7, 11) is 0. The lowest BCUT2D eigenvalue weighted by Gasteiger charge is -2.32. The van der Waals surface area contributed by atoms with Gasteiger partial charge in [-0.3, -0.25) is 9.48 Å². The monoisotopic (exact) mass is 361 g/mol. The van der Waals surface area contributed by atoms with Crippen LogP contribution in [0.4, 0.5) is 0 Å². The second-order valence-electron chi connectivity index (χ2n) is 6.18. The minimum absolute atomic E-state index is 0.0780. The van der Waals surface area contributed by atoms with E-state index in [1.165, 1.54) is 11.8 Å². The van der Waals surface area contributed by atoms with E-state index in [0.717, 1.165) is 30.8 Å². The Hall–Kier alpha value is -1.93. The Balaban J connectivity index is 1.55. The fourth-order valence-corrected chi connectivity index (χ4v) is 3.76. The number of aliphatic hydroxyl groups excluding tert-OH is 1. The fraction of sp³-hybridized carbons (Fsp3) is 0.529. The van der Waals surface area contributed by atoms with Gasteiger partial charge in [0, 0.05) is 37.1 Å². The molecule has 134 valence electrons. The molecule has 1 N–H and O–H groups in total. The summed E-state index contributed by atoms with van der Waals surface area (Å²) in [6, 6.07) is 3.83. The minimum Gasteiger partial charge on any atom is -0.394 e. The van der Waals surface area contributed by atoms with Crippen LogP contribution in [0.1, 0.15) is 30.1 Å². The lowest BCUT2D eigenvalue weighted by atomic mass is 9.95. The van der Waals surface area contributed by atoms with Gasteiger partial charge in [0.2, 0.25) is 5.91 Å². The summed E-state index contributed by atoms with van der Waals surface area (Å²) in [6.07, 6.45) is 5.62. The van der Waals surface area contributed by atoms with Gasteiger partial charge in [-0.25, -0.2) is 9.97 Å². The standard InChI is InChI=1S/C17H23N5O2S/c1-13-4-6-18-17(19-13)25-12-16(24)21-7-2-3-14(11-21)15-5-8-22(20-15)9-10-23/h4-6,8,14,23H,2-3,7,9-12H2,1H3. The molecule has 7 nitrogen and oxygen atoms in total. The Kier molecular flexibility index (Phi) is 6.04. The van der Waals surface area contributed by atoms with Gasteiger partial charge < -0.3 is 10.0 Å². The average Bonchev–Trinajstić information content (AvgIpc) is 3.09. The first-order chi connectivity index (χ1) is 12.2. The molecule has 2 aromatic heterocycles. The molecule has 1 atom stereocenters. The van der Waals surface area contributed by atoms with Crippen molar-refractivity contribution in [1.29, 1.82) is 0 Å². The first-order valence-corrected chi connectivity index (χ1v) is 9.48. The number of hydrogen-bond donors (Lipinski definition) is 1. The molecule has 1 aliphatic rings. The number of thioether (sulfide) groups is 1. The third-order valence-electron chi connectivity index (χ3n) is 4.28. The van der Waals surface area contributed by atoms with Gasteiger partial charge in [-0.15, -0.1) is 0 Å². The van der Waals surface area contributed by atoms with E-state index in [9.17, 15) is 4.79 Å². The summed E-state index contributed by atoms with van der Waals surface area (Å²) in [4.78, 5) is 23.0. The van der Waals surface area contributed by atoms with Gasteiger partial charge in [-0.2, -0.15) is 5.10 Å². The number of rotatable bonds is 6. The Morgan fingerprint density at radius 2 is 2.32 bits per heavy atom. The van der Waals surface area contributed by atoms with Gasteiger partial charge >= 0.3 is 0 Å². The Labute approximate surface area is 151 Å². The molecule has 0 aliphatic carbocycles. The van der Waals surface area contributed by atoms with E-state index in [2.05, 4.69) is 15.1 Å². The van der Waals surface area contributed by atoms with Crippen molar-refractivity contribution in [2.75, 3.05) is 25.4 Å². The second kappa shape index (κ2) is 8.44. The molecule has 3 heterocycles. The molecule has 3 rings (SSSR count). The van der Waals surface area contributed by atoms with Crippen LogP contribution >= 0.6 is 11.8 Å². The topological polar surface area (TPSA) is 84.1 Å². The van der Waals surface area contributed by atoms with Crippen molar-refractivity contribution in [3.05, 3.63) is 35.9 Å². The van der Waals surface area contributed by atoms with Gasteiger partial charge in [0.1, 0.15) is 0 Å². The van der Waals surface area contributed by atoms with Crippen molar-refractivity contribution in [3.63, 3.8) is 0 Å².